The average molecular weight is 335 g/mol. The third-order valence-corrected chi connectivity index (χ3v) is 4.45. The fourth-order valence-corrected chi connectivity index (χ4v) is 3.11. The minimum atomic E-state index is -0.131. The van der Waals surface area contributed by atoms with Crippen molar-refractivity contribution in [1.29, 1.82) is 0 Å². The van der Waals surface area contributed by atoms with E-state index in [1.807, 2.05) is 19.1 Å². The fraction of sp³-hybridized carbons (Fsp3) is 0.438. The minimum Gasteiger partial charge on any atom is -0.396 e. The lowest BCUT2D eigenvalue weighted by atomic mass is 9.99. The van der Waals surface area contributed by atoms with Crippen molar-refractivity contribution in [1.82, 2.24) is 19.9 Å². The molecule has 23 heavy (non-hydrogen) atoms. The van der Waals surface area contributed by atoms with E-state index in [9.17, 15) is 9.90 Å². The number of halogens is 1. The van der Waals surface area contributed by atoms with Crippen molar-refractivity contribution in [3.05, 3.63) is 40.7 Å². The van der Waals surface area contributed by atoms with Crippen LogP contribution < -0.4 is 0 Å². The zero-order valence-electron chi connectivity index (χ0n) is 12.9. The van der Waals surface area contributed by atoms with Gasteiger partial charge in [0.2, 0.25) is 0 Å². The van der Waals surface area contributed by atoms with Gasteiger partial charge in [0.15, 0.2) is 5.69 Å². The lowest BCUT2D eigenvalue weighted by molar-refractivity contribution is 0.0614. The Balaban J connectivity index is 1.85. The highest BCUT2D eigenvalue weighted by atomic mass is 35.5. The van der Waals surface area contributed by atoms with Crippen LogP contribution in [0.2, 0.25) is 5.02 Å². The molecule has 1 aromatic carbocycles. The maximum absolute atomic E-state index is 12.7. The quantitative estimate of drug-likeness (QED) is 0.932. The molecule has 2 heterocycles. The Morgan fingerprint density at radius 1 is 1.48 bits per heavy atom. The van der Waals surface area contributed by atoms with Gasteiger partial charge in [0.25, 0.3) is 5.91 Å². The molecule has 2 aromatic rings. The number of piperidine rings is 1. The Labute approximate surface area is 139 Å². The number of amides is 1. The van der Waals surface area contributed by atoms with Gasteiger partial charge in [0.1, 0.15) is 0 Å². The summed E-state index contributed by atoms with van der Waals surface area (Å²) in [5.74, 6) is 0.0184. The molecule has 6 nitrogen and oxygen atoms in total. The van der Waals surface area contributed by atoms with Crippen LogP contribution >= 0.6 is 11.6 Å². The zero-order valence-corrected chi connectivity index (χ0v) is 13.7. The van der Waals surface area contributed by atoms with Gasteiger partial charge in [-0.2, -0.15) is 0 Å². The smallest absolute Gasteiger partial charge is 0.276 e. The SMILES string of the molecule is Cc1c(C(=O)N2CCCC(CO)C2)nnn1-c1cccc(Cl)c1. The standard InChI is InChI=1S/C16H19ClN4O2/c1-11-15(16(23)20-7-3-4-12(9-20)10-22)18-19-21(11)14-6-2-5-13(17)8-14/h2,5-6,8,12,22H,3-4,7,9-10H2,1H3. The Morgan fingerprint density at radius 2 is 2.30 bits per heavy atom. The molecule has 0 bridgehead atoms. The summed E-state index contributed by atoms with van der Waals surface area (Å²) < 4.78 is 1.62. The summed E-state index contributed by atoms with van der Waals surface area (Å²) in [7, 11) is 0. The van der Waals surface area contributed by atoms with Gasteiger partial charge in [0.05, 0.1) is 11.4 Å². The second-order valence-corrected chi connectivity index (χ2v) is 6.29. The summed E-state index contributed by atoms with van der Waals surface area (Å²) >= 11 is 6.01. The van der Waals surface area contributed by atoms with Gasteiger partial charge in [-0.05, 0) is 43.9 Å². The number of hydrogen-bond donors (Lipinski definition) is 1. The van der Waals surface area contributed by atoms with E-state index in [2.05, 4.69) is 10.3 Å². The third kappa shape index (κ3) is 3.23. The lowest BCUT2D eigenvalue weighted by Gasteiger charge is -2.31. The van der Waals surface area contributed by atoms with E-state index in [4.69, 9.17) is 11.6 Å². The highest BCUT2D eigenvalue weighted by Crippen LogP contribution is 2.20. The van der Waals surface area contributed by atoms with Crippen LogP contribution in [0.4, 0.5) is 0 Å². The number of aromatic nitrogens is 3. The molecule has 1 aromatic heterocycles. The fourth-order valence-electron chi connectivity index (χ4n) is 2.93. The number of carbonyl (C=O) groups excluding carboxylic acids is 1. The Morgan fingerprint density at radius 3 is 3.04 bits per heavy atom. The van der Waals surface area contributed by atoms with Gasteiger partial charge in [0, 0.05) is 24.7 Å². The minimum absolute atomic E-state index is 0.109. The Bertz CT molecular complexity index is 716. The Hall–Kier alpha value is -1.92. The summed E-state index contributed by atoms with van der Waals surface area (Å²) in [6.07, 6.45) is 1.85. The highest BCUT2D eigenvalue weighted by molar-refractivity contribution is 6.30. The van der Waals surface area contributed by atoms with Crippen molar-refractivity contribution in [3.8, 4) is 5.69 Å². The molecule has 1 aliphatic rings. The summed E-state index contributed by atoms with van der Waals surface area (Å²) in [6.45, 7) is 3.19. The first-order chi connectivity index (χ1) is 11.1. The van der Waals surface area contributed by atoms with Crippen LogP contribution in [0, 0.1) is 12.8 Å². The van der Waals surface area contributed by atoms with Crippen molar-refractivity contribution in [2.45, 2.75) is 19.8 Å². The van der Waals surface area contributed by atoms with Crippen LogP contribution in [0.3, 0.4) is 0 Å². The third-order valence-electron chi connectivity index (χ3n) is 4.21. The van der Waals surface area contributed by atoms with Crippen molar-refractivity contribution in [2.24, 2.45) is 5.92 Å². The van der Waals surface area contributed by atoms with E-state index in [0.29, 0.717) is 29.5 Å². The normalized spacial score (nSPS) is 18.2. The van der Waals surface area contributed by atoms with E-state index >= 15 is 0 Å². The molecular formula is C16H19ClN4O2. The van der Waals surface area contributed by atoms with Crippen LogP contribution in [0.25, 0.3) is 5.69 Å². The predicted molar refractivity (Wildman–Crippen MR) is 86.8 cm³/mol. The van der Waals surface area contributed by atoms with Gasteiger partial charge >= 0.3 is 0 Å². The van der Waals surface area contributed by atoms with Crippen LogP contribution in [0.1, 0.15) is 29.0 Å². The van der Waals surface area contributed by atoms with Crippen molar-refractivity contribution < 1.29 is 9.90 Å². The molecule has 1 atom stereocenters. The molecule has 0 spiro atoms. The summed E-state index contributed by atoms with van der Waals surface area (Å²) in [6, 6.07) is 7.26. The van der Waals surface area contributed by atoms with Gasteiger partial charge in [-0.3, -0.25) is 4.79 Å². The molecule has 122 valence electrons. The molecular weight excluding hydrogens is 316 g/mol. The van der Waals surface area contributed by atoms with Crippen LogP contribution in [0.15, 0.2) is 24.3 Å². The number of aliphatic hydroxyl groups excluding tert-OH is 1. The van der Waals surface area contributed by atoms with Crippen LogP contribution in [-0.4, -0.2) is 50.6 Å². The number of aliphatic hydroxyl groups is 1. The zero-order chi connectivity index (χ0) is 16.4. The summed E-state index contributed by atoms with van der Waals surface area (Å²) in [5, 5.41) is 18.1. The van der Waals surface area contributed by atoms with Gasteiger partial charge in [-0.25, -0.2) is 4.68 Å². The number of rotatable bonds is 3. The van der Waals surface area contributed by atoms with E-state index in [-0.39, 0.29) is 18.4 Å². The first-order valence-electron chi connectivity index (χ1n) is 7.68. The number of likely N-dealkylation sites (tertiary alicyclic amines) is 1. The molecule has 1 saturated heterocycles. The number of hydrogen-bond acceptors (Lipinski definition) is 4. The predicted octanol–water partition coefficient (Wildman–Crippen LogP) is 2.07. The topological polar surface area (TPSA) is 71.2 Å². The second-order valence-electron chi connectivity index (χ2n) is 5.86. The van der Waals surface area contributed by atoms with Crippen LogP contribution in [-0.2, 0) is 0 Å². The molecule has 1 amide bonds. The van der Waals surface area contributed by atoms with E-state index in [0.717, 1.165) is 18.5 Å². The van der Waals surface area contributed by atoms with Crippen molar-refractivity contribution in [3.63, 3.8) is 0 Å². The van der Waals surface area contributed by atoms with E-state index in [1.54, 1.807) is 21.7 Å². The van der Waals surface area contributed by atoms with Gasteiger partial charge in [-0.15, -0.1) is 5.10 Å². The van der Waals surface area contributed by atoms with Crippen molar-refractivity contribution >= 4 is 17.5 Å². The van der Waals surface area contributed by atoms with E-state index in [1.165, 1.54) is 0 Å². The molecule has 0 radical (unpaired) electrons. The van der Waals surface area contributed by atoms with Gasteiger partial charge < -0.3 is 10.0 Å². The number of carbonyl (C=O) groups is 1. The highest BCUT2D eigenvalue weighted by Gasteiger charge is 2.27. The van der Waals surface area contributed by atoms with Crippen molar-refractivity contribution in [2.75, 3.05) is 19.7 Å². The molecule has 3 rings (SSSR count). The second kappa shape index (κ2) is 6.68. The molecule has 1 N–H and O–H groups in total. The largest absolute Gasteiger partial charge is 0.396 e. The maximum Gasteiger partial charge on any atom is 0.276 e. The average Bonchev–Trinajstić information content (AvgIpc) is 2.96. The maximum atomic E-state index is 12.7. The first kappa shape index (κ1) is 16.0. The molecule has 1 fully saturated rings. The van der Waals surface area contributed by atoms with Gasteiger partial charge in [-0.1, -0.05) is 22.9 Å². The monoisotopic (exact) mass is 334 g/mol. The number of nitrogens with zero attached hydrogens (tertiary/aromatic N) is 4. The molecule has 7 heteroatoms. The summed E-state index contributed by atoms with van der Waals surface area (Å²) in [5.41, 5.74) is 1.81. The molecule has 1 aliphatic heterocycles. The Kier molecular flexibility index (Phi) is 4.63. The molecule has 0 saturated carbocycles. The van der Waals surface area contributed by atoms with Crippen LogP contribution in [0.5, 0.6) is 0 Å². The first-order valence-corrected chi connectivity index (χ1v) is 8.06. The molecule has 1 unspecified atom stereocenters. The van der Waals surface area contributed by atoms with E-state index < -0.39 is 0 Å². The number of benzene rings is 1. The lowest BCUT2D eigenvalue weighted by Crippen LogP contribution is -2.41. The molecule has 0 aliphatic carbocycles. The summed E-state index contributed by atoms with van der Waals surface area (Å²) in [4.78, 5) is 14.4.